The Kier molecular flexibility index (Phi) is 58.5. The number of aliphatic hydroxyl groups excluding tert-OH is 5. The standard InChI is InChI=1S/C77H129NO10/c1-4-7-10-13-16-19-22-25-27-29-31-33-34-35-36-37-38-39-41-43-45-47-50-53-56-59-62-65-72(82)88-75-74(84)73(83)71(66-79)87-77(75)86-67-68(69(80)63-60-57-54-51-48-24-21-18-15-12-9-6-3)78-76(85)70(81)64-61-58-55-52-49-46-44-42-40-32-30-28-26-23-20-17-14-11-8-5-2/h8,11,16-17,19-20,25-28,31-33,35-36,40,44,46,52,55,60,63,68-71,73-75,77,79-81,83-84H,4-7,9-10,12-15,18,21-24,29-30,34,37-39,41-43,45,47-51,53-54,56-59,61-62,64-67H2,1-3H3,(H,78,85)/b11-8-,19-16-,20-17-,27-25-,28-26-,33-31-,36-35-,40-32-,46-44-,55-52-,63-60+. The fourth-order valence-electron chi connectivity index (χ4n) is 10.2. The van der Waals surface area contributed by atoms with Gasteiger partial charge in [0.05, 0.1) is 25.4 Å². The van der Waals surface area contributed by atoms with Gasteiger partial charge >= 0.3 is 5.97 Å². The van der Waals surface area contributed by atoms with E-state index in [1.54, 1.807) is 6.08 Å². The Labute approximate surface area is 537 Å². The second-order valence-electron chi connectivity index (χ2n) is 23.9. The SMILES string of the molecule is CC/C=C\C/C=C\C/C=C\C/C=C\C/C=C\C/C=C\CCCC(O)C(=O)NC(COC1OC(CO)C(O)C(O)C1OC(=O)CCCCCCCCCCCCC/C=C\C/C=C\C/C=C\C/C=C\CCCCC)C(O)/C=C/CCCCCCCCCCCC. The Balaban J connectivity index is 2.60. The van der Waals surface area contributed by atoms with Crippen molar-refractivity contribution in [2.24, 2.45) is 0 Å². The van der Waals surface area contributed by atoms with Gasteiger partial charge < -0.3 is 45.1 Å². The first-order valence-electron chi connectivity index (χ1n) is 35.5. The number of allylic oxidation sites excluding steroid dienone is 21. The van der Waals surface area contributed by atoms with E-state index in [9.17, 15) is 35.1 Å². The number of rotatable bonds is 59. The maximum absolute atomic E-state index is 13.5. The number of hydrogen-bond donors (Lipinski definition) is 6. The van der Waals surface area contributed by atoms with Crippen molar-refractivity contribution in [1.82, 2.24) is 5.32 Å². The molecule has 502 valence electrons. The first-order chi connectivity index (χ1) is 43.2. The van der Waals surface area contributed by atoms with E-state index in [1.165, 1.54) is 109 Å². The van der Waals surface area contributed by atoms with Crippen LogP contribution in [0, 0.1) is 0 Å². The Hall–Kier alpha value is -4.20. The van der Waals surface area contributed by atoms with Crippen LogP contribution in [0.2, 0.25) is 0 Å². The third kappa shape index (κ3) is 49.6. The van der Waals surface area contributed by atoms with Crippen molar-refractivity contribution in [3.05, 3.63) is 134 Å². The number of carbonyl (C=O) groups excluding carboxylic acids is 2. The first kappa shape index (κ1) is 81.8. The molecular formula is C77H129NO10. The van der Waals surface area contributed by atoms with E-state index in [-0.39, 0.29) is 19.4 Å². The van der Waals surface area contributed by atoms with Crippen LogP contribution in [0.1, 0.15) is 278 Å². The van der Waals surface area contributed by atoms with Crippen LogP contribution < -0.4 is 5.32 Å². The molecule has 8 unspecified atom stereocenters. The lowest BCUT2D eigenvalue weighted by atomic mass is 9.99. The smallest absolute Gasteiger partial charge is 0.306 e. The summed E-state index contributed by atoms with van der Waals surface area (Å²) in [5.41, 5.74) is 0. The van der Waals surface area contributed by atoms with Crippen molar-refractivity contribution in [3.63, 3.8) is 0 Å². The molecule has 0 spiro atoms. The molecule has 8 atom stereocenters. The molecule has 1 aliphatic heterocycles. The highest BCUT2D eigenvalue weighted by Gasteiger charge is 2.47. The van der Waals surface area contributed by atoms with Gasteiger partial charge in [-0.2, -0.15) is 0 Å². The Morgan fingerprint density at radius 1 is 0.455 bits per heavy atom. The van der Waals surface area contributed by atoms with Crippen molar-refractivity contribution < 1.29 is 49.3 Å². The van der Waals surface area contributed by atoms with E-state index in [2.05, 4.69) is 142 Å². The topological polar surface area (TPSA) is 175 Å². The molecule has 11 nitrogen and oxygen atoms in total. The van der Waals surface area contributed by atoms with Crippen molar-refractivity contribution in [2.75, 3.05) is 13.2 Å². The first-order valence-corrected chi connectivity index (χ1v) is 35.5. The second-order valence-corrected chi connectivity index (χ2v) is 23.9. The molecule has 0 aromatic rings. The summed E-state index contributed by atoms with van der Waals surface area (Å²) in [4.78, 5) is 26.7. The monoisotopic (exact) mass is 1230 g/mol. The van der Waals surface area contributed by atoms with Crippen LogP contribution in [0.3, 0.4) is 0 Å². The quantitative estimate of drug-likeness (QED) is 0.0195. The van der Waals surface area contributed by atoms with Crippen molar-refractivity contribution in [3.8, 4) is 0 Å². The molecule has 0 saturated carbocycles. The molecule has 0 radical (unpaired) electrons. The zero-order valence-corrected chi connectivity index (χ0v) is 55.8. The van der Waals surface area contributed by atoms with Gasteiger partial charge in [-0.1, -0.05) is 283 Å². The summed E-state index contributed by atoms with van der Waals surface area (Å²) in [6, 6.07) is -1.06. The molecule has 1 saturated heterocycles. The van der Waals surface area contributed by atoms with Crippen LogP contribution in [0.25, 0.3) is 0 Å². The van der Waals surface area contributed by atoms with Gasteiger partial charge in [0.2, 0.25) is 5.91 Å². The van der Waals surface area contributed by atoms with Crippen LogP contribution in [0.4, 0.5) is 0 Å². The van der Waals surface area contributed by atoms with Crippen LogP contribution in [0.5, 0.6) is 0 Å². The zero-order chi connectivity index (χ0) is 63.9. The maximum atomic E-state index is 13.5. The van der Waals surface area contributed by atoms with Crippen molar-refractivity contribution >= 4 is 11.9 Å². The van der Waals surface area contributed by atoms with E-state index >= 15 is 0 Å². The largest absolute Gasteiger partial charge is 0.454 e. The highest BCUT2D eigenvalue weighted by Crippen LogP contribution is 2.26. The molecule has 1 fully saturated rings. The molecule has 88 heavy (non-hydrogen) atoms. The predicted octanol–water partition coefficient (Wildman–Crippen LogP) is 18.3. The van der Waals surface area contributed by atoms with E-state index in [1.807, 2.05) is 12.2 Å². The molecule has 0 aromatic carbocycles. The second kappa shape index (κ2) is 63.0. The minimum atomic E-state index is -1.63. The van der Waals surface area contributed by atoms with Gasteiger partial charge in [-0.25, -0.2) is 0 Å². The third-order valence-corrected chi connectivity index (χ3v) is 15.8. The number of esters is 1. The number of nitrogens with one attached hydrogen (secondary N) is 1. The molecule has 6 N–H and O–H groups in total. The molecule has 1 rings (SSSR count). The predicted molar refractivity (Wildman–Crippen MR) is 370 cm³/mol. The minimum absolute atomic E-state index is 0.107. The number of amides is 1. The molecular weight excluding hydrogens is 1100 g/mol. The Bertz CT molecular complexity index is 1950. The average molecular weight is 1230 g/mol. The summed E-state index contributed by atoms with van der Waals surface area (Å²) in [7, 11) is 0. The molecule has 0 bridgehead atoms. The number of aliphatic hydroxyl groups is 5. The molecule has 0 aliphatic carbocycles. The van der Waals surface area contributed by atoms with Gasteiger partial charge in [0.25, 0.3) is 0 Å². The minimum Gasteiger partial charge on any atom is -0.454 e. The fraction of sp³-hybridized carbons (Fsp3) is 0.688. The lowest BCUT2D eigenvalue weighted by Gasteiger charge is -2.41. The lowest BCUT2D eigenvalue weighted by molar-refractivity contribution is -0.305. The highest BCUT2D eigenvalue weighted by molar-refractivity contribution is 5.80. The van der Waals surface area contributed by atoms with Gasteiger partial charge in [-0.15, -0.1) is 0 Å². The van der Waals surface area contributed by atoms with Crippen LogP contribution in [-0.2, 0) is 23.8 Å². The van der Waals surface area contributed by atoms with Gasteiger partial charge in [-0.05, 0) is 122 Å². The summed E-state index contributed by atoms with van der Waals surface area (Å²) in [6.45, 7) is 5.63. The number of hydrogen-bond acceptors (Lipinski definition) is 10. The summed E-state index contributed by atoms with van der Waals surface area (Å²) >= 11 is 0. The number of unbranched alkanes of at least 4 members (excludes halogenated alkanes) is 25. The highest BCUT2D eigenvalue weighted by atomic mass is 16.7. The van der Waals surface area contributed by atoms with Gasteiger partial charge in [0, 0.05) is 6.42 Å². The van der Waals surface area contributed by atoms with Crippen LogP contribution in [-0.4, -0.2) is 99.6 Å². The molecule has 0 aromatic heterocycles. The zero-order valence-electron chi connectivity index (χ0n) is 55.8. The summed E-state index contributed by atoms with van der Waals surface area (Å²) in [5, 5.41) is 57.2. The van der Waals surface area contributed by atoms with Gasteiger partial charge in [0.15, 0.2) is 12.4 Å². The van der Waals surface area contributed by atoms with E-state index in [0.29, 0.717) is 19.3 Å². The summed E-state index contributed by atoms with van der Waals surface area (Å²) < 4.78 is 17.7. The molecule has 1 aliphatic rings. The van der Waals surface area contributed by atoms with Crippen molar-refractivity contribution in [2.45, 2.75) is 327 Å². The number of ether oxygens (including phenoxy) is 3. The lowest BCUT2D eigenvalue weighted by Crippen LogP contribution is -2.61. The normalized spacial score (nSPS) is 19.0. The van der Waals surface area contributed by atoms with E-state index < -0.39 is 67.4 Å². The third-order valence-electron chi connectivity index (χ3n) is 15.8. The van der Waals surface area contributed by atoms with Crippen molar-refractivity contribution in [1.29, 1.82) is 0 Å². The van der Waals surface area contributed by atoms with Gasteiger partial charge in [0.1, 0.15) is 24.4 Å². The van der Waals surface area contributed by atoms with Gasteiger partial charge in [-0.3, -0.25) is 9.59 Å². The molecule has 11 heteroatoms. The van der Waals surface area contributed by atoms with Crippen LogP contribution >= 0.6 is 0 Å². The number of carbonyl (C=O) groups is 2. The van der Waals surface area contributed by atoms with Crippen LogP contribution in [0.15, 0.2) is 134 Å². The summed E-state index contributed by atoms with van der Waals surface area (Å²) in [6.07, 6.45) is 79.2. The Morgan fingerprint density at radius 3 is 1.25 bits per heavy atom. The fourth-order valence-corrected chi connectivity index (χ4v) is 10.2. The molecule has 1 heterocycles. The van der Waals surface area contributed by atoms with E-state index in [0.717, 1.165) is 116 Å². The maximum Gasteiger partial charge on any atom is 0.306 e. The van der Waals surface area contributed by atoms with E-state index in [4.69, 9.17) is 14.2 Å². The average Bonchev–Trinajstić information content (AvgIpc) is 2.78. The summed E-state index contributed by atoms with van der Waals surface area (Å²) in [5.74, 6) is -1.25. The molecule has 1 amide bonds. The Morgan fingerprint density at radius 2 is 0.818 bits per heavy atom.